The van der Waals surface area contributed by atoms with Crippen molar-refractivity contribution in [1.82, 2.24) is 0 Å². The molecule has 1 atom stereocenters. The van der Waals surface area contributed by atoms with Crippen molar-refractivity contribution in [2.45, 2.75) is 77.2 Å². The van der Waals surface area contributed by atoms with E-state index in [0.717, 1.165) is 6.42 Å². The number of ether oxygens (including phenoxy) is 1. The maximum Gasteiger partial charge on any atom is 0.215 e. The SMILES string of the molecule is CCCCCCCCCCCCOCC(O)C[N+](C)(CCO)CCO.O=S(=O)([O-])O. The minimum atomic E-state index is -4.92. The van der Waals surface area contributed by atoms with Crippen LogP contribution < -0.4 is 0 Å². The van der Waals surface area contributed by atoms with E-state index in [4.69, 9.17) is 32.5 Å². The Balaban J connectivity index is 0. The van der Waals surface area contributed by atoms with E-state index in [0.29, 0.717) is 37.3 Å². The summed E-state index contributed by atoms with van der Waals surface area (Å²) >= 11 is 0. The second-order valence-electron chi connectivity index (χ2n) is 8.03. The lowest BCUT2D eigenvalue weighted by molar-refractivity contribution is -0.913. The van der Waals surface area contributed by atoms with Crippen LogP contribution in [0.2, 0.25) is 0 Å². The number of likely N-dealkylation sites (N-methyl/N-ethyl adjacent to an activating group) is 1. The zero-order valence-electron chi connectivity index (χ0n) is 18.9. The van der Waals surface area contributed by atoms with Crippen LogP contribution in [0.4, 0.5) is 0 Å². The van der Waals surface area contributed by atoms with E-state index in [1.165, 1.54) is 57.8 Å². The number of quaternary nitrogens is 1. The van der Waals surface area contributed by atoms with Crippen LogP contribution in [0.15, 0.2) is 0 Å². The number of hydrogen-bond donors (Lipinski definition) is 4. The van der Waals surface area contributed by atoms with Gasteiger partial charge in [0.2, 0.25) is 10.4 Å². The first-order chi connectivity index (χ1) is 14.1. The Kier molecular flexibility index (Phi) is 21.8. The van der Waals surface area contributed by atoms with Gasteiger partial charge in [0.15, 0.2) is 0 Å². The molecule has 0 amide bonds. The van der Waals surface area contributed by atoms with Crippen LogP contribution in [0.1, 0.15) is 71.1 Å². The molecule has 4 N–H and O–H groups in total. The van der Waals surface area contributed by atoms with E-state index < -0.39 is 16.5 Å². The van der Waals surface area contributed by atoms with Gasteiger partial charge in [-0.2, -0.15) is 0 Å². The molecule has 1 unspecified atom stereocenters. The Morgan fingerprint density at radius 1 is 0.900 bits per heavy atom. The number of unbranched alkanes of at least 4 members (excludes halogenated alkanes) is 9. The molecule has 0 aromatic carbocycles. The zero-order valence-corrected chi connectivity index (χ0v) is 19.7. The van der Waals surface area contributed by atoms with Crippen LogP contribution >= 0.6 is 0 Å². The average molecular weight is 460 g/mol. The summed E-state index contributed by atoms with van der Waals surface area (Å²) < 4.78 is 38.9. The molecule has 0 radical (unpaired) electrons. The highest BCUT2D eigenvalue weighted by molar-refractivity contribution is 7.79. The number of aliphatic hydroxyl groups excluding tert-OH is 3. The van der Waals surface area contributed by atoms with Crippen molar-refractivity contribution in [3.8, 4) is 0 Å². The third-order valence-electron chi connectivity index (χ3n) is 4.88. The van der Waals surface area contributed by atoms with Crippen molar-refractivity contribution in [2.24, 2.45) is 0 Å². The highest BCUT2D eigenvalue weighted by atomic mass is 32.3. The largest absolute Gasteiger partial charge is 0.726 e. The minimum Gasteiger partial charge on any atom is -0.726 e. The van der Waals surface area contributed by atoms with Gasteiger partial charge in [-0.15, -0.1) is 0 Å². The second kappa shape index (κ2) is 20.6. The highest BCUT2D eigenvalue weighted by Crippen LogP contribution is 2.10. The molecule has 0 heterocycles. The predicted molar refractivity (Wildman–Crippen MR) is 116 cm³/mol. The van der Waals surface area contributed by atoms with E-state index in [2.05, 4.69) is 6.92 Å². The van der Waals surface area contributed by atoms with Gasteiger partial charge in [0, 0.05) is 6.61 Å². The molecule has 30 heavy (non-hydrogen) atoms. The Hall–Kier alpha value is -0.330. The summed E-state index contributed by atoms with van der Waals surface area (Å²) in [4.78, 5) is 0. The number of nitrogens with zero attached hydrogens (tertiary/aromatic N) is 1. The Labute approximate surface area is 183 Å². The Morgan fingerprint density at radius 3 is 1.70 bits per heavy atom. The van der Waals surface area contributed by atoms with E-state index in [1.54, 1.807) is 0 Å². The third-order valence-corrected chi connectivity index (χ3v) is 4.88. The minimum absolute atomic E-state index is 0.0582. The van der Waals surface area contributed by atoms with Crippen molar-refractivity contribution in [2.75, 3.05) is 53.1 Å². The number of aliphatic hydroxyl groups is 3. The summed E-state index contributed by atoms with van der Waals surface area (Å²) in [6.07, 6.45) is 12.5. The van der Waals surface area contributed by atoms with Gasteiger partial charge in [-0.25, -0.2) is 8.42 Å². The lowest BCUT2D eigenvalue weighted by Crippen LogP contribution is -2.52. The van der Waals surface area contributed by atoms with E-state index in [-0.39, 0.29) is 13.2 Å². The maximum atomic E-state index is 10.1. The topological polar surface area (TPSA) is 147 Å². The highest BCUT2D eigenvalue weighted by Gasteiger charge is 2.24. The molecule has 0 rings (SSSR count). The van der Waals surface area contributed by atoms with Crippen LogP contribution in [-0.4, -0.2) is 96.5 Å². The van der Waals surface area contributed by atoms with Crippen LogP contribution in [0.3, 0.4) is 0 Å². The zero-order chi connectivity index (χ0) is 23.3. The molecule has 0 aromatic heterocycles. The summed E-state index contributed by atoms with van der Waals surface area (Å²) in [6, 6.07) is 0. The van der Waals surface area contributed by atoms with Crippen molar-refractivity contribution in [1.29, 1.82) is 0 Å². The first-order valence-corrected chi connectivity index (χ1v) is 12.4. The van der Waals surface area contributed by atoms with Crippen LogP contribution in [0, 0.1) is 0 Å². The van der Waals surface area contributed by atoms with E-state index in [9.17, 15) is 5.11 Å². The summed E-state index contributed by atoms with van der Waals surface area (Å²) in [7, 11) is -2.97. The second-order valence-corrected chi connectivity index (χ2v) is 8.89. The van der Waals surface area contributed by atoms with Gasteiger partial charge in [-0.05, 0) is 6.42 Å². The molecule has 0 spiro atoms. The molecule has 0 aliphatic carbocycles. The van der Waals surface area contributed by atoms with Gasteiger partial charge in [0.1, 0.15) is 25.7 Å². The van der Waals surface area contributed by atoms with Gasteiger partial charge in [0.25, 0.3) is 0 Å². The van der Waals surface area contributed by atoms with E-state index in [1.807, 2.05) is 7.05 Å². The van der Waals surface area contributed by atoms with Crippen LogP contribution in [0.25, 0.3) is 0 Å². The molecule has 0 aromatic rings. The van der Waals surface area contributed by atoms with Gasteiger partial charge in [-0.3, -0.25) is 4.55 Å². The predicted octanol–water partition coefficient (Wildman–Crippen LogP) is 1.72. The summed E-state index contributed by atoms with van der Waals surface area (Å²) in [5, 5.41) is 28.3. The monoisotopic (exact) mass is 459 g/mol. The molecule has 0 aliphatic heterocycles. The molecule has 0 saturated carbocycles. The van der Waals surface area contributed by atoms with Gasteiger partial charge in [-0.1, -0.05) is 64.7 Å². The van der Waals surface area contributed by atoms with Crippen molar-refractivity contribution in [3.05, 3.63) is 0 Å². The molecule has 0 saturated heterocycles. The quantitative estimate of drug-likeness (QED) is 0.0988. The maximum absolute atomic E-state index is 10.1. The fraction of sp³-hybridized carbons (Fsp3) is 1.00. The molecule has 10 heteroatoms. The first kappa shape index (κ1) is 31.9. The van der Waals surface area contributed by atoms with Gasteiger partial charge >= 0.3 is 0 Å². The smallest absolute Gasteiger partial charge is 0.215 e. The Morgan fingerprint density at radius 2 is 1.30 bits per heavy atom. The molecule has 0 fully saturated rings. The van der Waals surface area contributed by atoms with Crippen LogP contribution in [-0.2, 0) is 15.1 Å². The van der Waals surface area contributed by atoms with Gasteiger partial charge in [0.05, 0.1) is 26.9 Å². The number of hydrogen-bond acceptors (Lipinski definition) is 7. The molecule has 184 valence electrons. The van der Waals surface area contributed by atoms with Crippen molar-refractivity contribution in [3.63, 3.8) is 0 Å². The molecule has 0 bridgehead atoms. The molecule has 9 nitrogen and oxygen atoms in total. The van der Waals surface area contributed by atoms with Gasteiger partial charge < -0.3 is 29.1 Å². The standard InChI is InChI=1S/C20H44NO4.H2O4S/c1-3-4-5-6-7-8-9-10-11-12-17-25-19-20(24)18-21(2,13-15-22)14-16-23;1-5(2,3)4/h20,22-24H,3-19H2,1-2H3;(H2,1,2,3,4)/q+1;/p-1. The summed E-state index contributed by atoms with van der Waals surface area (Å²) in [5.74, 6) is 0. The first-order valence-electron chi connectivity index (χ1n) is 11.1. The lowest BCUT2D eigenvalue weighted by atomic mass is 10.1. The molecular weight excluding hydrogens is 414 g/mol. The Bertz CT molecular complexity index is 448. The average Bonchev–Trinajstić information content (AvgIpc) is 2.61. The number of rotatable bonds is 19. The van der Waals surface area contributed by atoms with E-state index >= 15 is 0 Å². The normalized spacial score (nSPS) is 13.0. The fourth-order valence-electron chi connectivity index (χ4n) is 3.25. The summed E-state index contributed by atoms with van der Waals surface area (Å²) in [6.45, 7) is 4.99. The van der Waals surface area contributed by atoms with Crippen molar-refractivity contribution >= 4 is 10.4 Å². The third kappa shape index (κ3) is 27.7. The van der Waals surface area contributed by atoms with Crippen LogP contribution in [0.5, 0.6) is 0 Å². The molecule has 0 aliphatic rings. The fourth-order valence-corrected chi connectivity index (χ4v) is 3.25. The lowest BCUT2D eigenvalue weighted by Gasteiger charge is -2.35. The molecular formula is C20H45NO8S. The van der Waals surface area contributed by atoms with Crippen molar-refractivity contribution < 1.29 is 42.1 Å². The summed E-state index contributed by atoms with van der Waals surface area (Å²) in [5.41, 5.74) is 0.